The average Bonchev–Trinajstić information content (AvgIpc) is 2.79. The summed E-state index contributed by atoms with van der Waals surface area (Å²) in [6.45, 7) is 2.63. The third kappa shape index (κ3) is 4.43. The van der Waals surface area contributed by atoms with Crippen LogP contribution in [0.3, 0.4) is 0 Å². The minimum atomic E-state index is -0.0274. The standard InChI is InChI=1S/C21H22N6O2/c1-29-19-5-2-4-17(13-19)25-18-12-16(14-22-15-18)20(28)26-8-10-27(11-9-26)21-23-6-3-7-24-21/h2-7,12-15,25H,8-11H2,1H3. The van der Waals surface area contributed by atoms with Crippen molar-refractivity contribution >= 4 is 23.2 Å². The molecule has 148 valence electrons. The van der Waals surface area contributed by atoms with Gasteiger partial charge in [0.05, 0.1) is 24.6 Å². The van der Waals surface area contributed by atoms with E-state index in [-0.39, 0.29) is 5.91 Å². The highest BCUT2D eigenvalue weighted by Gasteiger charge is 2.23. The van der Waals surface area contributed by atoms with Crippen molar-refractivity contribution in [3.05, 3.63) is 66.7 Å². The van der Waals surface area contributed by atoms with Gasteiger partial charge in [-0.15, -0.1) is 0 Å². The predicted octanol–water partition coefficient (Wildman–Crippen LogP) is 2.59. The van der Waals surface area contributed by atoms with Gasteiger partial charge in [0.2, 0.25) is 5.95 Å². The lowest BCUT2D eigenvalue weighted by molar-refractivity contribution is 0.0746. The monoisotopic (exact) mass is 390 g/mol. The Morgan fingerprint density at radius 1 is 1.00 bits per heavy atom. The van der Waals surface area contributed by atoms with Crippen molar-refractivity contribution in [1.82, 2.24) is 19.9 Å². The van der Waals surface area contributed by atoms with Crippen LogP contribution >= 0.6 is 0 Å². The number of pyridine rings is 1. The smallest absolute Gasteiger partial charge is 0.255 e. The molecule has 4 rings (SSSR count). The third-order valence-corrected chi connectivity index (χ3v) is 4.75. The number of amides is 1. The molecule has 3 heterocycles. The van der Waals surface area contributed by atoms with Crippen LogP contribution in [0.25, 0.3) is 0 Å². The Morgan fingerprint density at radius 2 is 1.79 bits per heavy atom. The van der Waals surface area contributed by atoms with Crippen LogP contribution in [0.4, 0.5) is 17.3 Å². The van der Waals surface area contributed by atoms with Crippen molar-refractivity contribution in [2.45, 2.75) is 0 Å². The number of piperazine rings is 1. The van der Waals surface area contributed by atoms with E-state index in [2.05, 4.69) is 25.2 Å². The molecule has 0 bridgehead atoms. The number of benzene rings is 1. The summed E-state index contributed by atoms with van der Waals surface area (Å²) in [5.41, 5.74) is 2.18. The first-order valence-electron chi connectivity index (χ1n) is 9.40. The number of methoxy groups -OCH3 is 1. The summed E-state index contributed by atoms with van der Waals surface area (Å²) in [7, 11) is 1.63. The van der Waals surface area contributed by atoms with E-state index in [0.29, 0.717) is 37.7 Å². The predicted molar refractivity (Wildman–Crippen MR) is 111 cm³/mol. The Hall–Kier alpha value is -3.68. The minimum absolute atomic E-state index is 0.0274. The first-order chi connectivity index (χ1) is 14.2. The van der Waals surface area contributed by atoms with Gasteiger partial charge in [0, 0.05) is 56.5 Å². The van der Waals surface area contributed by atoms with Gasteiger partial charge in [-0.25, -0.2) is 9.97 Å². The summed E-state index contributed by atoms with van der Waals surface area (Å²) in [6, 6.07) is 11.2. The summed E-state index contributed by atoms with van der Waals surface area (Å²) < 4.78 is 5.25. The highest BCUT2D eigenvalue weighted by Crippen LogP contribution is 2.22. The summed E-state index contributed by atoms with van der Waals surface area (Å²) in [5.74, 6) is 1.43. The number of nitrogens with one attached hydrogen (secondary N) is 1. The Bertz CT molecular complexity index is 974. The summed E-state index contributed by atoms with van der Waals surface area (Å²) in [4.78, 5) is 29.6. The molecule has 3 aromatic rings. The van der Waals surface area contributed by atoms with Gasteiger partial charge in [-0.3, -0.25) is 9.78 Å². The Morgan fingerprint density at radius 3 is 2.55 bits per heavy atom. The van der Waals surface area contributed by atoms with Crippen LogP contribution in [0, 0.1) is 0 Å². The number of ether oxygens (including phenoxy) is 1. The van der Waals surface area contributed by atoms with Gasteiger partial charge in [0.25, 0.3) is 5.91 Å². The fraction of sp³-hybridized carbons (Fsp3) is 0.238. The van der Waals surface area contributed by atoms with E-state index in [0.717, 1.165) is 17.1 Å². The summed E-state index contributed by atoms with van der Waals surface area (Å²) in [5, 5.41) is 3.27. The Kier molecular flexibility index (Phi) is 5.51. The molecule has 0 radical (unpaired) electrons. The first kappa shape index (κ1) is 18.7. The zero-order valence-electron chi connectivity index (χ0n) is 16.2. The normalized spacial score (nSPS) is 13.8. The number of carbonyl (C=O) groups excluding carboxylic acids is 1. The molecule has 0 atom stereocenters. The van der Waals surface area contributed by atoms with Crippen molar-refractivity contribution < 1.29 is 9.53 Å². The maximum absolute atomic E-state index is 12.9. The molecular formula is C21H22N6O2. The molecule has 1 aliphatic rings. The maximum atomic E-state index is 12.9. The summed E-state index contributed by atoms with van der Waals surface area (Å²) in [6.07, 6.45) is 6.76. The second kappa shape index (κ2) is 8.55. The Labute approximate surface area is 169 Å². The quantitative estimate of drug-likeness (QED) is 0.717. The zero-order valence-corrected chi connectivity index (χ0v) is 16.2. The first-order valence-corrected chi connectivity index (χ1v) is 9.40. The number of carbonyl (C=O) groups is 1. The number of hydrogen-bond acceptors (Lipinski definition) is 7. The molecule has 0 unspecified atom stereocenters. The molecule has 1 N–H and O–H groups in total. The van der Waals surface area contributed by atoms with Crippen molar-refractivity contribution in [3.63, 3.8) is 0 Å². The van der Waals surface area contributed by atoms with Gasteiger partial charge in [0.15, 0.2) is 0 Å². The van der Waals surface area contributed by atoms with E-state index in [9.17, 15) is 4.79 Å². The van der Waals surface area contributed by atoms with Crippen LogP contribution in [0.2, 0.25) is 0 Å². The van der Waals surface area contributed by atoms with Crippen LogP contribution < -0.4 is 15.0 Å². The van der Waals surface area contributed by atoms with Gasteiger partial charge in [-0.1, -0.05) is 6.07 Å². The van der Waals surface area contributed by atoms with Crippen molar-refractivity contribution in [2.75, 3.05) is 43.5 Å². The van der Waals surface area contributed by atoms with Crippen LogP contribution in [0.1, 0.15) is 10.4 Å². The largest absolute Gasteiger partial charge is 0.497 e. The molecule has 8 heteroatoms. The van der Waals surface area contributed by atoms with Gasteiger partial charge < -0.3 is 19.9 Å². The lowest BCUT2D eigenvalue weighted by Gasteiger charge is -2.34. The molecule has 2 aromatic heterocycles. The van der Waals surface area contributed by atoms with E-state index in [1.54, 1.807) is 38.0 Å². The van der Waals surface area contributed by atoms with E-state index >= 15 is 0 Å². The maximum Gasteiger partial charge on any atom is 0.255 e. The van der Waals surface area contributed by atoms with Crippen molar-refractivity contribution in [2.24, 2.45) is 0 Å². The second-order valence-electron chi connectivity index (χ2n) is 6.65. The number of rotatable bonds is 5. The molecule has 1 fully saturated rings. The third-order valence-electron chi connectivity index (χ3n) is 4.75. The lowest BCUT2D eigenvalue weighted by Crippen LogP contribution is -2.49. The molecular weight excluding hydrogens is 368 g/mol. The topological polar surface area (TPSA) is 83.5 Å². The van der Waals surface area contributed by atoms with Crippen molar-refractivity contribution in [1.29, 1.82) is 0 Å². The van der Waals surface area contributed by atoms with Gasteiger partial charge in [-0.05, 0) is 24.3 Å². The fourth-order valence-electron chi connectivity index (χ4n) is 3.24. The molecule has 0 saturated carbocycles. The van der Waals surface area contributed by atoms with Crippen LogP contribution in [0.5, 0.6) is 5.75 Å². The number of aromatic nitrogens is 3. The minimum Gasteiger partial charge on any atom is -0.497 e. The van der Waals surface area contributed by atoms with Crippen LogP contribution in [-0.2, 0) is 0 Å². The molecule has 0 spiro atoms. The van der Waals surface area contributed by atoms with Gasteiger partial charge in [0.1, 0.15) is 5.75 Å². The number of nitrogens with zero attached hydrogens (tertiary/aromatic N) is 5. The fourth-order valence-corrected chi connectivity index (χ4v) is 3.24. The Balaban J connectivity index is 1.41. The second-order valence-corrected chi connectivity index (χ2v) is 6.65. The SMILES string of the molecule is COc1cccc(Nc2cncc(C(=O)N3CCN(c4ncccn4)CC3)c2)c1. The molecule has 1 amide bonds. The summed E-state index contributed by atoms with van der Waals surface area (Å²) >= 11 is 0. The van der Waals surface area contributed by atoms with Crippen LogP contribution in [0.15, 0.2) is 61.2 Å². The number of anilines is 3. The average molecular weight is 390 g/mol. The highest BCUT2D eigenvalue weighted by molar-refractivity contribution is 5.95. The molecule has 1 aromatic carbocycles. The van der Waals surface area contributed by atoms with E-state index in [1.165, 1.54) is 0 Å². The molecule has 0 aliphatic carbocycles. The van der Waals surface area contributed by atoms with Gasteiger partial charge >= 0.3 is 0 Å². The molecule has 1 aliphatic heterocycles. The molecule has 29 heavy (non-hydrogen) atoms. The van der Waals surface area contributed by atoms with Crippen LogP contribution in [-0.4, -0.2) is 59.0 Å². The molecule has 1 saturated heterocycles. The van der Waals surface area contributed by atoms with E-state index < -0.39 is 0 Å². The number of hydrogen-bond donors (Lipinski definition) is 1. The molecule has 8 nitrogen and oxygen atoms in total. The lowest BCUT2D eigenvalue weighted by atomic mass is 10.2. The zero-order chi connectivity index (χ0) is 20.1. The van der Waals surface area contributed by atoms with Crippen molar-refractivity contribution in [3.8, 4) is 5.75 Å². The van der Waals surface area contributed by atoms with E-state index in [4.69, 9.17) is 4.74 Å². The highest BCUT2D eigenvalue weighted by atomic mass is 16.5. The van der Waals surface area contributed by atoms with Gasteiger partial charge in [-0.2, -0.15) is 0 Å². The van der Waals surface area contributed by atoms with E-state index in [1.807, 2.05) is 35.2 Å².